The molecule has 5 aromatic rings. The zero-order chi connectivity index (χ0) is 33.7. The number of hydrogen-bond donors (Lipinski definition) is 1. The quantitative estimate of drug-likeness (QED) is 0.0897. The molecule has 5 heteroatoms. The Morgan fingerprint density at radius 3 is 2.17 bits per heavy atom. The molecule has 0 aliphatic carbocycles. The Hall–Kier alpha value is -3.79. The van der Waals surface area contributed by atoms with Gasteiger partial charge in [-0.2, -0.15) is 0 Å². The normalized spacial score (nSPS) is 12.5. The second-order valence-corrected chi connectivity index (χ2v) is 13.9. The fourth-order valence-electron chi connectivity index (χ4n) is 6.79. The van der Waals surface area contributed by atoms with E-state index >= 15 is 0 Å². The number of pyridine rings is 1. The zero-order valence-electron chi connectivity index (χ0n) is 29.4. The summed E-state index contributed by atoms with van der Waals surface area (Å²) in [5, 5.41) is 14.6. The van der Waals surface area contributed by atoms with Crippen LogP contribution in [0.2, 0.25) is 0 Å². The first-order valence-corrected chi connectivity index (χ1v) is 17.2. The van der Waals surface area contributed by atoms with E-state index in [4.69, 9.17) is 4.98 Å². The maximum atomic E-state index is 11.7. The van der Waals surface area contributed by atoms with E-state index in [1.807, 2.05) is 33.9 Å². The van der Waals surface area contributed by atoms with Gasteiger partial charge < -0.3 is 15.0 Å². The Bertz CT molecular complexity index is 1880. The molecular weight excluding hydrogens is 769 g/mol. The van der Waals surface area contributed by atoms with Gasteiger partial charge in [0.2, 0.25) is 0 Å². The number of rotatable bonds is 9. The van der Waals surface area contributed by atoms with Crippen LogP contribution in [0.3, 0.4) is 0 Å². The minimum atomic E-state index is 0. The van der Waals surface area contributed by atoms with Gasteiger partial charge in [0.15, 0.2) is 5.78 Å². The predicted octanol–water partition coefficient (Wildman–Crippen LogP) is 12.1. The van der Waals surface area contributed by atoms with Crippen molar-refractivity contribution in [1.82, 2.24) is 4.98 Å². The maximum Gasteiger partial charge on any atom is 0.162 e. The number of benzene rings is 4. The molecule has 1 aliphatic rings. The monoisotopic (exact) mass is 818 g/mol. The average Bonchev–Trinajstić information content (AvgIpc) is 3.06. The number of anilines is 3. The number of carbonyl (C=O) groups is 1. The Balaban J connectivity index is 0.000000279. The van der Waals surface area contributed by atoms with Crippen molar-refractivity contribution in [3.63, 3.8) is 0 Å². The van der Waals surface area contributed by atoms with Crippen LogP contribution in [0.5, 0.6) is 0 Å². The van der Waals surface area contributed by atoms with Gasteiger partial charge in [-0.15, -0.1) is 17.7 Å². The third-order valence-electron chi connectivity index (χ3n) is 9.26. The first-order chi connectivity index (χ1) is 22.6. The van der Waals surface area contributed by atoms with Gasteiger partial charge in [0.25, 0.3) is 0 Å². The van der Waals surface area contributed by atoms with Gasteiger partial charge in [0, 0.05) is 55.6 Å². The summed E-state index contributed by atoms with van der Waals surface area (Å²) < 4.78 is 0. The molecule has 1 N–H and O–H groups in total. The molecule has 1 aromatic heterocycles. The molecule has 2 heterocycles. The number of aromatic nitrogens is 1. The van der Waals surface area contributed by atoms with Crippen LogP contribution < -0.4 is 4.90 Å². The van der Waals surface area contributed by atoms with Gasteiger partial charge in [-0.25, -0.2) is 0 Å². The van der Waals surface area contributed by atoms with Gasteiger partial charge in [0.05, 0.1) is 5.76 Å². The molecule has 0 amide bonds. The summed E-state index contributed by atoms with van der Waals surface area (Å²) >= 11 is 0. The van der Waals surface area contributed by atoms with E-state index in [0.717, 1.165) is 54.7 Å². The second kappa shape index (κ2) is 16.1. The number of para-hydroxylation sites is 1. The Morgan fingerprint density at radius 2 is 1.52 bits per heavy atom. The fourth-order valence-corrected chi connectivity index (χ4v) is 6.79. The number of nitrogens with zero attached hydrogens (tertiary/aromatic N) is 2. The van der Waals surface area contributed by atoms with E-state index in [-0.39, 0.29) is 48.9 Å². The standard InChI is InChI=1S/C30H25N2.C13H24O2.Ir/c1-30(2,3)19-20-17-22-15-16-31-28-25-14-13-21-9-7-8-12-24(21)29(25)32(26(18-20)27(22)28)23-10-5-4-6-11-23;1-5-10(6-2)12(14)9-13(15)11(7-3)8-4;/h4-13,15-18H,19H2,1-3H3;9-11,14H,5-8H2,1-4H3;/q-1;;/b;12-9-;. The van der Waals surface area contributed by atoms with Crippen molar-refractivity contribution in [3.8, 4) is 11.3 Å². The fraction of sp³-hybridized carbons (Fsp3) is 0.349. The van der Waals surface area contributed by atoms with Crippen LogP contribution >= 0.6 is 0 Å². The molecule has 0 spiro atoms. The molecule has 0 saturated carbocycles. The van der Waals surface area contributed by atoms with Gasteiger partial charge in [-0.05, 0) is 89.5 Å². The number of hydrogen-bond acceptors (Lipinski definition) is 4. The van der Waals surface area contributed by atoms with Crippen molar-refractivity contribution >= 4 is 44.4 Å². The van der Waals surface area contributed by atoms with Gasteiger partial charge in [0.1, 0.15) is 0 Å². The summed E-state index contributed by atoms with van der Waals surface area (Å²) in [6.07, 6.45) is 7.86. The molecule has 253 valence electrons. The summed E-state index contributed by atoms with van der Waals surface area (Å²) in [6.45, 7) is 15.0. The number of carbonyl (C=O) groups excluding carboxylic acids is 1. The maximum absolute atomic E-state index is 11.7. The van der Waals surface area contributed by atoms with Crippen LogP contribution in [0.15, 0.2) is 96.9 Å². The first kappa shape index (κ1) is 37.0. The van der Waals surface area contributed by atoms with Gasteiger partial charge in [-0.3, -0.25) is 4.79 Å². The van der Waals surface area contributed by atoms with Crippen molar-refractivity contribution in [1.29, 1.82) is 0 Å². The summed E-state index contributed by atoms with van der Waals surface area (Å²) in [7, 11) is 0. The smallest absolute Gasteiger partial charge is 0.162 e. The molecule has 4 nitrogen and oxygen atoms in total. The molecule has 0 unspecified atom stereocenters. The van der Waals surface area contributed by atoms with Crippen LogP contribution in [0.1, 0.15) is 79.7 Å². The third kappa shape index (κ3) is 7.91. The Labute approximate surface area is 300 Å². The van der Waals surface area contributed by atoms with Crippen molar-refractivity contribution in [2.45, 2.75) is 80.6 Å². The minimum Gasteiger partial charge on any atom is -0.512 e. The third-order valence-corrected chi connectivity index (χ3v) is 9.26. The molecule has 0 atom stereocenters. The van der Waals surface area contributed by atoms with E-state index in [2.05, 4.69) is 111 Å². The zero-order valence-corrected chi connectivity index (χ0v) is 31.8. The molecule has 0 saturated heterocycles. The summed E-state index contributed by atoms with van der Waals surface area (Å²) in [6, 6.07) is 31.8. The minimum absolute atomic E-state index is 0. The summed E-state index contributed by atoms with van der Waals surface area (Å²) in [5.74, 6) is 0.547. The van der Waals surface area contributed by atoms with Crippen molar-refractivity contribution < 1.29 is 30.0 Å². The van der Waals surface area contributed by atoms with Gasteiger partial charge in [-0.1, -0.05) is 108 Å². The largest absolute Gasteiger partial charge is 0.512 e. The first-order valence-electron chi connectivity index (χ1n) is 17.2. The van der Waals surface area contributed by atoms with Crippen molar-refractivity contribution in [2.24, 2.45) is 17.3 Å². The van der Waals surface area contributed by atoms with E-state index in [1.165, 1.54) is 38.9 Å². The number of aliphatic hydroxyl groups is 1. The molecule has 48 heavy (non-hydrogen) atoms. The number of allylic oxidation sites excluding steroid dienone is 2. The predicted molar refractivity (Wildman–Crippen MR) is 199 cm³/mol. The van der Waals surface area contributed by atoms with Crippen LogP contribution in [0.25, 0.3) is 32.8 Å². The van der Waals surface area contributed by atoms with Gasteiger partial charge >= 0.3 is 0 Å². The van der Waals surface area contributed by atoms with Crippen molar-refractivity contribution in [3.05, 3.63) is 109 Å². The van der Waals surface area contributed by atoms with Crippen LogP contribution in [-0.4, -0.2) is 15.9 Å². The van der Waals surface area contributed by atoms with Crippen LogP contribution in [-0.2, 0) is 31.3 Å². The molecule has 0 fully saturated rings. The molecule has 6 rings (SSSR count). The molecule has 1 radical (unpaired) electrons. The SMILES string of the molecule is CC(C)(C)Cc1cc2c3c(nccc3c1)-c1[c-]cc3ccccc3c1N2c1ccccc1.CCC(CC)C(=O)/C=C(\O)C(CC)CC.[Ir]. The molecule has 0 bridgehead atoms. The average molecular weight is 818 g/mol. The van der Waals surface area contributed by atoms with Crippen molar-refractivity contribution in [2.75, 3.05) is 4.90 Å². The summed E-state index contributed by atoms with van der Waals surface area (Å²) in [5.41, 5.74) is 7.17. The second-order valence-electron chi connectivity index (χ2n) is 13.9. The number of fused-ring (bicyclic) bond motifs is 4. The Morgan fingerprint density at radius 1 is 0.875 bits per heavy atom. The topological polar surface area (TPSA) is 53.4 Å². The van der Waals surface area contributed by atoms with Crippen LogP contribution in [0.4, 0.5) is 17.1 Å². The Kier molecular flexibility index (Phi) is 12.4. The number of ketones is 1. The van der Waals surface area contributed by atoms with Crippen LogP contribution in [0, 0.1) is 23.3 Å². The summed E-state index contributed by atoms with van der Waals surface area (Å²) in [4.78, 5) is 19.0. The molecule has 1 aliphatic heterocycles. The van der Waals surface area contributed by atoms with E-state index in [1.54, 1.807) is 0 Å². The molecular formula is C43H49IrN2O2-. The van der Waals surface area contributed by atoms with E-state index in [0.29, 0.717) is 0 Å². The molecule has 4 aromatic carbocycles. The van der Waals surface area contributed by atoms with E-state index in [9.17, 15) is 9.90 Å². The number of aliphatic hydroxyl groups excluding tert-OH is 1. The van der Waals surface area contributed by atoms with E-state index < -0.39 is 0 Å².